The lowest BCUT2D eigenvalue weighted by Gasteiger charge is -2.33. The first-order valence-electron chi connectivity index (χ1n) is 9.53. The maximum absolute atomic E-state index is 11.5. The van der Waals surface area contributed by atoms with E-state index < -0.39 is 5.97 Å². The number of piperidine rings is 1. The molecular formula is C21H23N5O2. The largest absolute Gasteiger partial charge is 0.478 e. The van der Waals surface area contributed by atoms with Gasteiger partial charge in [0.25, 0.3) is 0 Å². The van der Waals surface area contributed by atoms with Gasteiger partial charge in [-0.2, -0.15) is 0 Å². The highest BCUT2D eigenvalue weighted by Gasteiger charge is 2.22. The van der Waals surface area contributed by atoms with E-state index in [0.29, 0.717) is 18.0 Å². The fourth-order valence-electron chi connectivity index (χ4n) is 3.89. The van der Waals surface area contributed by atoms with Gasteiger partial charge in [0.05, 0.1) is 17.5 Å². The summed E-state index contributed by atoms with van der Waals surface area (Å²) in [5, 5.41) is 9.40. The van der Waals surface area contributed by atoms with E-state index in [1.54, 1.807) is 30.7 Å². The Labute approximate surface area is 163 Å². The molecule has 2 aromatic heterocycles. The third kappa shape index (κ3) is 4.26. The second kappa shape index (κ2) is 8.31. The number of imidazole rings is 1. The Hall–Kier alpha value is -3.06. The molecule has 2 N–H and O–H groups in total. The summed E-state index contributed by atoms with van der Waals surface area (Å²) >= 11 is 0. The summed E-state index contributed by atoms with van der Waals surface area (Å²) in [6.45, 7) is 2.58. The highest BCUT2D eigenvalue weighted by atomic mass is 16.4. The van der Waals surface area contributed by atoms with Crippen molar-refractivity contribution in [3.63, 3.8) is 0 Å². The Morgan fingerprint density at radius 1 is 1.29 bits per heavy atom. The zero-order valence-electron chi connectivity index (χ0n) is 15.6. The highest BCUT2D eigenvalue weighted by Crippen LogP contribution is 2.23. The van der Waals surface area contributed by atoms with Crippen molar-refractivity contribution in [2.45, 2.75) is 25.8 Å². The number of benzene rings is 1. The molecule has 7 heteroatoms. The van der Waals surface area contributed by atoms with E-state index in [4.69, 9.17) is 4.98 Å². The molecule has 3 heterocycles. The van der Waals surface area contributed by atoms with Gasteiger partial charge in [-0.05, 0) is 43.4 Å². The van der Waals surface area contributed by atoms with Crippen LogP contribution < -0.4 is 0 Å². The van der Waals surface area contributed by atoms with Gasteiger partial charge in [0, 0.05) is 31.7 Å². The third-order valence-corrected chi connectivity index (χ3v) is 5.17. The van der Waals surface area contributed by atoms with Crippen LogP contribution >= 0.6 is 0 Å². The van der Waals surface area contributed by atoms with Crippen LogP contribution in [0, 0.1) is 5.92 Å². The fraction of sp³-hybridized carbons (Fsp3) is 0.333. The number of carbonyl (C=O) groups is 1. The standard InChI is InChI=1S/C21H23N5O2/c27-21(28)18-6-2-1-5-16(18)14-26-9-3-4-15(13-26)10-17-11-22-12-19(25-17)20-23-7-8-24-20/h1-2,5-8,11-12,15H,3-4,9-10,13-14H2,(H,23,24)(H,27,28)/t15-/m0/s1. The van der Waals surface area contributed by atoms with E-state index in [2.05, 4.69) is 19.9 Å². The number of aromatic amines is 1. The Kier molecular flexibility index (Phi) is 5.43. The number of carboxylic acids is 1. The van der Waals surface area contributed by atoms with Gasteiger partial charge in [-0.1, -0.05) is 18.2 Å². The van der Waals surface area contributed by atoms with Crippen LogP contribution in [-0.2, 0) is 13.0 Å². The average molecular weight is 377 g/mol. The van der Waals surface area contributed by atoms with Gasteiger partial charge < -0.3 is 10.1 Å². The molecule has 7 nitrogen and oxygen atoms in total. The topological polar surface area (TPSA) is 95.0 Å². The molecule has 1 saturated heterocycles. The van der Waals surface area contributed by atoms with Gasteiger partial charge in [-0.3, -0.25) is 9.88 Å². The molecule has 0 unspecified atom stereocenters. The number of aromatic carboxylic acids is 1. The molecule has 1 fully saturated rings. The summed E-state index contributed by atoms with van der Waals surface area (Å²) in [7, 11) is 0. The van der Waals surface area contributed by atoms with Crippen LogP contribution in [0.15, 0.2) is 49.1 Å². The Bertz CT molecular complexity index is 941. The number of aromatic nitrogens is 4. The predicted molar refractivity (Wildman–Crippen MR) is 105 cm³/mol. The normalized spacial score (nSPS) is 17.5. The molecule has 1 atom stereocenters. The highest BCUT2D eigenvalue weighted by molar-refractivity contribution is 5.89. The Balaban J connectivity index is 1.42. The molecule has 28 heavy (non-hydrogen) atoms. The lowest BCUT2D eigenvalue weighted by molar-refractivity contribution is 0.0693. The van der Waals surface area contributed by atoms with Gasteiger partial charge in [0.15, 0.2) is 5.82 Å². The van der Waals surface area contributed by atoms with Crippen molar-refractivity contribution in [1.29, 1.82) is 0 Å². The van der Waals surface area contributed by atoms with Crippen molar-refractivity contribution in [3.8, 4) is 11.5 Å². The monoisotopic (exact) mass is 377 g/mol. The first kappa shape index (κ1) is 18.3. The minimum atomic E-state index is -0.867. The summed E-state index contributed by atoms with van der Waals surface area (Å²) in [5.74, 6) is 0.339. The number of likely N-dealkylation sites (tertiary alicyclic amines) is 1. The quantitative estimate of drug-likeness (QED) is 0.686. The second-order valence-electron chi connectivity index (χ2n) is 7.24. The van der Waals surface area contributed by atoms with Gasteiger partial charge in [-0.25, -0.2) is 14.8 Å². The molecule has 4 rings (SSSR count). The van der Waals surface area contributed by atoms with E-state index in [0.717, 1.165) is 55.1 Å². The number of rotatable bonds is 6. The molecule has 0 radical (unpaired) electrons. The van der Waals surface area contributed by atoms with Crippen LogP contribution in [0.1, 0.15) is 34.5 Å². The molecule has 1 aliphatic heterocycles. The summed E-state index contributed by atoms with van der Waals surface area (Å²) in [5.41, 5.74) is 2.98. The van der Waals surface area contributed by atoms with Gasteiger partial charge in [0.2, 0.25) is 0 Å². The van der Waals surface area contributed by atoms with Gasteiger partial charge >= 0.3 is 5.97 Å². The molecular weight excluding hydrogens is 354 g/mol. The first-order valence-corrected chi connectivity index (χ1v) is 9.53. The van der Waals surface area contributed by atoms with E-state index in [-0.39, 0.29) is 0 Å². The van der Waals surface area contributed by atoms with E-state index in [1.165, 1.54) is 0 Å². The summed E-state index contributed by atoms with van der Waals surface area (Å²) in [6, 6.07) is 7.26. The van der Waals surface area contributed by atoms with Crippen molar-refractivity contribution in [3.05, 3.63) is 65.9 Å². The zero-order valence-corrected chi connectivity index (χ0v) is 15.6. The van der Waals surface area contributed by atoms with Crippen LogP contribution in [0.2, 0.25) is 0 Å². The molecule has 0 bridgehead atoms. The van der Waals surface area contributed by atoms with Crippen LogP contribution in [0.5, 0.6) is 0 Å². The molecule has 0 saturated carbocycles. The lowest BCUT2D eigenvalue weighted by atomic mass is 9.93. The number of nitrogens with one attached hydrogen (secondary N) is 1. The third-order valence-electron chi connectivity index (χ3n) is 5.17. The van der Waals surface area contributed by atoms with E-state index >= 15 is 0 Å². The van der Waals surface area contributed by atoms with E-state index in [9.17, 15) is 9.90 Å². The van der Waals surface area contributed by atoms with Crippen LogP contribution in [0.3, 0.4) is 0 Å². The van der Waals surface area contributed by atoms with Crippen LogP contribution in [-0.4, -0.2) is 49.0 Å². The summed E-state index contributed by atoms with van der Waals surface area (Å²) in [4.78, 5) is 30.1. The molecule has 0 spiro atoms. The average Bonchev–Trinajstić information content (AvgIpc) is 3.24. The number of H-pyrrole nitrogens is 1. The van der Waals surface area contributed by atoms with Crippen molar-refractivity contribution in [2.24, 2.45) is 5.92 Å². The molecule has 0 aliphatic carbocycles. The van der Waals surface area contributed by atoms with Crippen molar-refractivity contribution in [2.75, 3.05) is 13.1 Å². The molecule has 0 amide bonds. The maximum atomic E-state index is 11.5. The maximum Gasteiger partial charge on any atom is 0.336 e. The molecule has 3 aromatic rings. The summed E-state index contributed by atoms with van der Waals surface area (Å²) in [6.07, 6.45) is 10.1. The SMILES string of the molecule is O=C(O)c1ccccc1CN1CCC[C@@H](Cc2cncc(-c3ncc[nH]3)n2)C1. The minimum absolute atomic E-state index is 0.390. The molecule has 1 aliphatic rings. The Morgan fingerprint density at radius 3 is 3.00 bits per heavy atom. The van der Waals surface area contributed by atoms with Crippen molar-refractivity contribution in [1.82, 2.24) is 24.8 Å². The van der Waals surface area contributed by atoms with E-state index in [1.807, 2.05) is 18.3 Å². The number of carboxylic acid groups (broad SMARTS) is 1. The minimum Gasteiger partial charge on any atom is -0.478 e. The van der Waals surface area contributed by atoms with Gasteiger partial charge in [-0.15, -0.1) is 0 Å². The number of hydrogen-bond donors (Lipinski definition) is 2. The van der Waals surface area contributed by atoms with Crippen molar-refractivity contribution < 1.29 is 9.90 Å². The smallest absolute Gasteiger partial charge is 0.336 e. The van der Waals surface area contributed by atoms with Crippen LogP contribution in [0.4, 0.5) is 0 Å². The molecule has 144 valence electrons. The number of nitrogens with zero attached hydrogens (tertiary/aromatic N) is 4. The Morgan fingerprint density at radius 2 is 2.18 bits per heavy atom. The first-order chi connectivity index (χ1) is 13.7. The zero-order chi connectivity index (χ0) is 19.3. The second-order valence-corrected chi connectivity index (χ2v) is 7.24. The lowest BCUT2D eigenvalue weighted by Crippen LogP contribution is -2.36. The fourth-order valence-corrected chi connectivity index (χ4v) is 3.89. The summed E-state index contributed by atoms with van der Waals surface area (Å²) < 4.78 is 0. The van der Waals surface area contributed by atoms with Crippen LogP contribution in [0.25, 0.3) is 11.5 Å². The van der Waals surface area contributed by atoms with Gasteiger partial charge in [0.1, 0.15) is 5.69 Å². The predicted octanol–water partition coefficient (Wildman–Crippen LogP) is 3.02. The number of hydrogen-bond acceptors (Lipinski definition) is 5. The molecule has 1 aromatic carbocycles. The van der Waals surface area contributed by atoms with Crippen molar-refractivity contribution >= 4 is 5.97 Å².